The highest BCUT2D eigenvalue weighted by Gasteiger charge is 2.08. The first-order chi connectivity index (χ1) is 12.1. The minimum atomic E-state index is -0.321. The summed E-state index contributed by atoms with van der Waals surface area (Å²) in [5, 5.41) is 0. The fourth-order valence-electron chi connectivity index (χ4n) is 2.64. The van der Waals surface area contributed by atoms with Crippen LogP contribution in [0.3, 0.4) is 0 Å². The number of hydrogen-bond acceptors (Lipinski definition) is 1. The second-order valence-electron chi connectivity index (χ2n) is 5.87. The van der Waals surface area contributed by atoms with Gasteiger partial charge in [0.2, 0.25) is 0 Å². The Morgan fingerprint density at radius 1 is 0.880 bits per heavy atom. The lowest BCUT2D eigenvalue weighted by atomic mass is 10.1. The second-order valence-corrected chi connectivity index (χ2v) is 6.78. The molecule has 25 heavy (non-hydrogen) atoms. The molecule has 0 saturated carbocycles. The van der Waals surface area contributed by atoms with Crippen LogP contribution in [0.5, 0.6) is 0 Å². The number of aromatic nitrogens is 1. The molecule has 0 atom stereocenters. The minimum absolute atomic E-state index is 0.0482. The van der Waals surface area contributed by atoms with E-state index in [1.807, 2.05) is 24.5 Å². The Hall–Kier alpha value is -2.33. The van der Waals surface area contributed by atoms with Crippen molar-refractivity contribution in [3.8, 4) is 11.1 Å². The van der Waals surface area contributed by atoms with Crippen molar-refractivity contribution in [2.75, 3.05) is 0 Å². The van der Waals surface area contributed by atoms with Gasteiger partial charge in [-0.2, -0.15) is 0 Å². The van der Waals surface area contributed by atoms with Gasteiger partial charge in [0.15, 0.2) is 18.2 Å². The van der Waals surface area contributed by atoms with Gasteiger partial charge < -0.3 is 0 Å². The second kappa shape index (κ2) is 8.17. The third kappa shape index (κ3) is 4.83. The van der Waals surface area contributed by atoms with E-state index in [9.17, 15) is 9.18 Å². The third-order valence-corrected chi connectivity index (χ3v) is 4.58. The zero-order chi connectivity index (χ0) is 17.6. The van der Waals surface area contributed by atoms with Crippen molar-refractivity contribution in [1.82, 2.24) is 0 Å². The molecule has 0 fully saturated rings. The van der Waals surface area contributed by atoms with Crippen molar-refractivity contribution in [1.29, 1.82) is 0 Å². The van der Waals surface area contributed by atoms with Crippen LogP contribution >= 0.6 is 15.9 Å². The largest absolute Gasteiger partial charge is 0.294 e. The summed E-state index contributed by atoms with van der Waals surface area (Å²) in [6.45, 7) is 0.771. The van der Waals surface area contributed by atoms with Gasteiger partial charge in [-0.15, -0.1) is 0 Å². The van der Waals surface area contributed by atoms with Crippen LogP contribution in [0.25, 0.3) is 11.1 Å². The van der Waals surface area contributed by atoms with Gasteiger partial charge in [-0.1, -0.05) is 28.1 Å². The number of Topliss-reactive ketones (excluding diaryl/α,β-unsaturated/α-hetero) is 1. The number of aryl methyl sites for hydroxylation is 1. The number of rotatable bonds is 6. The highest BCUT2D eigenvalue weighted by atomic mass is 79.9. The van der Waals surface area contributed by atoms with Gasteiger partial charge in [-0.05, 0) is 47.5 Å². The summed E-state index contributed by atoms with van der Waals surface area (Å²) >= 11 is 3.44. The van der Waals surface area contributed by atoms with E-state index in [0.717, 1.165) is 23.0 Å². The van der Waals surface area contributed by atoms with Crippen molar-refractivity contribution in [2.24, 2.45) is 0 Å². The van der Waals surface area contributed by atoms with Crippen LogP contribution in [0.1, 0.15) is 23.2 Å². The predicted molar refractivity (Wildman–Crippen MR) is 99.7 cm³/mol. The molecule has 0 aliphatic rings. The molecule has 3 rings (SSSR count). The maximum atomic E-state index is 12.9. The van der Waals surface area contributed by atoms with Gasteiger partial charge in [0.05, 0.1) is 0 Å². The zero-order valence-corrected chi connectivity index (χ0v) is 15.2. The van der Waals surface area contributed by atoms with Gasteiger partial charge in [0.25, 0.3) is 0 Å². The van der Waals surface area contributed by atoms with Crippen LogP contribution < -0.4 is 4.57 Å². The van der Waals surface area contributed by atoms with Crippen molar-refractivity contribution in [3.63, 3.8) is 0 Å². The maximum absolute atomic E-state index is 12.9. The van der Waals surface area contributed by atoms with Gasteiger partial charge >= 0.3 is 0 Å². The van der Waals surface area contributed by atoms with Crippen molar-refractivity contribution in [3.05, 3.63) is 88.9 Å². The summed E-state index contributed by atoms with van der Waals surface area (Å²) in [4.78, 5) is 12.1. The molecule has 3 aromatic rings. The molecule has 0 unspecified atom stereocenters. The Morgan fingerprint density at radius 3 is 2.12 bits per heavy atom. The van der Waals surface area contributed by atoms with E-state index in [1.54, 1.807) is 0 Å². The topological polar surface area (TPSA) is 20.9 Å². The van der Waals surface area contributed by atoms with E-state index >= 15 is 0 Å². The Kier molecular flexibility index (Phi) is 5.71. The van der Waals surface area contributed by atoms with E-state index in [1.165, 1.54) is 29.8 Å². The van der Waals surface area contributed by atoms with Gasteiger partial charge in [-0.3, -0.25) is 4.79 Å². The third-order valence-electron chi connectivity index (χ3n) is 4.06. The van der Waals surface area contributed by atoms with E-state index in [-0.39, 0.29) is 11.6 Å². The Balaban J connectivity index is 1.54. The maximum Gasteiger partial charge on any atom is 0.169 e. The lowest BCUT2D eigenvalue weighted by molar-refractivity contribution is -0.697. The molecule has 0 amide bonds. The first-order valence-corrected chi connectivity index (χ1v) is 8.95. The minimum Gasteiger partial charge on any atom is -0.294 e. The molecule has 1 aromatic heterocycles. The summed E-state index contributed by atoms with van der Waals surface area (Å²) in [6, 6.07) is 18.1. The predicted octanol–water partition coefficient (Wildman–Crippen LogP) is 5.21. The summed E-state index contributed by atoms with van der Waals surface area (Å²) in [5.74, 6) is -0.273. The quantitative estimate of drug-likeness (QED) is 0.412. The van der Waals surface area contributed by atoms with Gasteiger partial charge in [0.1, 0.15) is 12.4 Å². The number of benzene rings is 2. The Labute approximate surface area is 155 Å². The molecule has 126 valence electrons. The van der Waals surface area contributed by atoms with Crippen LogP contribution in [0.15, 0.2) is 77.5 Å². The lowest BCUT2D eigenvalue weighted by Gasteiger charge is -2.02. The van der Waals surface area contributed by atoms with Crippen LogP contribution in [0, 0.1) is 5.82 Å². The van der Waals surface area contributed by atoms with E-state index in [4.69, 9.17) is 0 Å². The average molecular weight is 399 g/mol. The molecule has 0 saturated heterocycles. The number of pyridine rings is 1. The molecule has 0 bridgehead atoms. The fourth-order valence-corrected chi connectivity index (χ4v) is 2.91. The van der Waals surface area contributed by atoms with E-state index < -0.39 is 0 Å². The molecule has 1 heterocycles. The first kappa shape index (κ1) is 17.5. The molecular weight excluding hydrogens is 381 g/mol. The molecular formula is C21H18BrFNO+. The molecule has 0 radical (unpaired) electrons. The van der Waals surface area contributed by atoms with Crippen LogP contribution in [0.2, 0.25) is 0 Å². The normalized spacial score (nSPS) is 10.6. The molecule has 0 aliphatic carbocycles. The Morgan fingerprint density at radius 2 is 1.48 bits per heavy atom. The number of carbonyl (C=O) groups is 1. The smallest absolute Gasteiger partial charge is 0.169 e. The number of hydrogen-bond donors (Lipinski definition) is 0. The van der Waals surface area contributed by atoms with Crippen molar-refractivity contribution >= 4 is 21.7 Å². The monoisotopic (exact) mass is 398 g/mol. The number of nitrogens with zero attached hydrogens (tertiary/aromatic N) is 1. The Bertz CT molecular complexity index is 843. The van der Waals surface area contributed by atoms with Gasteiger partial charge in [0, 0.05) is 35.0 Å². The molecule has 4 heteroatoms. The number of halogens is 2. The molecule has 2 aromatic carbocycles. The van der Waals surface area contributed by atoms with E-state index in [0.29, 0.717) is 12.0 Å². The standard InChI is InChI=1S/C21H18BrFNO/c22-19-7-3-16(4-8-19)17-11-14-24(15-12-17)13-1-2-21(25)18-5-9-20(23)10-6-18/h3-12,14-15H,1-2,13H2/q+1. The number of ketones is 1. The van der Waals surface area contributed by atoms with Crippen LogP contribution in [-0.2, 0) is 6.54 Å². The summed E-state index contributed by atoms with van der Waals surface area (Å²) in [6.07, 6.45) is 5.26. The first-order valence-electron chi connectivity index (χ1n) is 8.16. The SMILES string of the molecule is O=C(CCC[n+]1ccc(-c2ccc(Br)cc2)cc1)c1ccc(F)cc1. The van der Waals surface area contributed by atoms with Crippen LogP contribution in [0.4, 0.5) is 4.39 Å². The van der Waals surface area contributed by atoms with E-state index in [2.05, 4.69) is 44.8 Å². The average Bonchev–Trinajstić information content (AvgIpc) is 2.63. The lowest BCUT2D eigenvalue weighted by Crippen LogP contribution is -2.32. The zero-order valence-electron chi connectivity index (χ0n) is 13.7. The fraction of sp³-hybridized carbons (Fsp3) is 0.143. The number of carbonyl (C=O) groups excluding carboxylic acids is 1. The molecule has 0 spiro atoms. The molecule has 0 N–H and O–H groups in total. The molecule has 2 nitrogen and oxygen atoms in total. The summed E-state index contributed by atoms with van der Waals surface area (Å²) in [7, 11) is 0. The van der Waals surface area contributed by atoms with Crippen molar-refractivity contribution in [2.45, 2.75) is 19.4 Å². The van der Waals surface area contributed by atoms with Crippen LogP contribution in [-0.4, -0.2) is 5.78 Å². The van der Waals surface area contributed by atoms with Crippen molar-refractivity contribution < 1.29 is 13.8 Å². The highest BCUT2D eigenvalue weighted by Crippen LogP contribution is 2.20. The summed E-state index contributed by atoms with van der Waals surface area (Å²) < 4.78 is 16.0. The molecule has 0 aliphatic heterocycles. The highest BCUT2D eigenvalue weighted by molar-refractivity contribution is 9.10. The summed E-state index contributed by atoms with van der Waals surface area (Å²) in [5.41, 5.74) is 2.89. The van der Waals surface area contributed by atoms with Gasteiger partial charge in [-0.25, -0.2) is 8.96 Å².